The van der Waals surface area contributed by atoms with Gasteiger partial charge in [0.1, 0.15) is 5.82 Å². The highest BCUT2D eigenvalue weighted by atomic mass is 79.9. The SMILES string of the molecule is NC(Cc1cccc(Cl)c1Cl)c1c(F)cccc1Br. The number of hydrogen-bond acceptors (Lipinski definition) is 1. The lowest BCUT2D eigenvalue weighted by molar-refractivity contribution is 0.578. The molecule has 1 unspecified atom stereocenters. The van der Waals surface area contributed by atoms with E-state index in [0.717, 1.165) is 5.56 Å². The first-order valence-electron chi connectivity index (χ1n) is 5.63. The van der Waals surface area contributed by atoms with Gasteiger partial charge in [-0.05, 0) is 30.2 Å². The lowest BCUT2D eigenvalue weighted by atomic mass is 9.99. The maximum Gasteiger partial charge on any atom is 0.129 e. The van der Waals surface area contributed by atoms with Gasteiger partial charge < -0.3 is 5.73 Å². The first-order valence-corrected chi connectivity index (χ1v) is 7.18. The molecule has 1 atom stereocenters. The monoisotopic (exact) mass is 361 g/mol. The van der Waals surface area contributed by atoms with Crippen molar-refractivity contribution < 1.29 is 4.39 Å². The first kappa shape index (κ1) is 14.8. The van der Waals surface area contributed by atoms with Crippen LogP contribution in [0.15, 0.2) is 40.9 Å². The van der Waals surface area contributed by atoms with Gasteiger partial charge in [0.05, 0.1) is 10.0 Å². The summed E-state index contributed by atoms with van der Waals surface area (Å²) in [5.74, 6) is -0.333. The van der Waals surface area contributed by atoms with Crippen LogP contribution in [0.1, 0.15) is 17.2 Å². The summed E-state index contributed by atoms with van der Waals surface area (Å²) in [5.41, 5.74) is 7.32. The highest BCUT2D eigenvalue weighted by molar-refractivity contribution is 9.10. The number of halogens is 4. The Morgan fingerprint density at radius 3 is 2.53 bits per heavy atom. The van der Waals surface area contributed by atoms with E-state index >= 15 is 0 Å². The molecule has 0 aliphatic rings. The maximum absolute atomic E-state index is 13.8. The largest absolute Gasteiger partial charge is 0.324 e. The zero-order chi connectivity index (χ0) is 14.0. The minimum Gasteiger partial charge on any atom is -0.324 e. The molecule has 2 aromatic rings. The van der Waals surface area contributed by atoms with Gasteiger partial charge in [-0.25, -0.2) is 4.39 Å². The molecule has 0 heterocycles. The Bertz CT molecular complexity index is 584. The molecule has 2 rings (SSSR count). The number of nitrogens with two attached hydrogens (primary N) is 1. The topological polar surface area (TPSA) is 26.0 Å². The molecule has 2 aromatic carbocycles. The average Bonchev–Trinajstić information content (AvgIpc) is 2.35. The molecule has 0 aliphatic heterocycles. The van der Waals surface area contributed by atoms with Crippen LogP contribution < -0.4 is 5.73 Å². The van der Waals surface area contributed by atoms with E-state index in [2.05, 4.69) is 15.9 Å². The summed E-state index contributed by atoms with van der Waals surface area (Å²) in [6.07, 6.45) is 0.416. The van der Waals surface area contributed by atoms with Gasteiger partial charge in [0.25, 0.3) is 0 Å². The minimum absolute atomic E-state index is 0.333. The Morgan fingerprint density at radius 2 is 1.84 bits per heavy atom. The van der Waals surface area contributed by atoms with Crippen molar-refractivity contribution in [3.8, 4) is 0 Å². The normalized spacial score (nSPS) is 12.5. The Hall–Kier alpha value is -0.610. The maximum atomic E-state index is 13.8. The van der Waals surface area contributed by atoms with E-state index in [0.29, 0.717) is 26.5 Å². The molecule has 5 heteroatoms. The molecule has 1 nitrogen and oxygen atoms in total. The van der Waals surface area contributed by atoms with Crippen molar-refractivity contribution in [2.75, 3.05) is 0 Å². The highest BCUT2D eigenvalue weighted by Crippen LogP contribution is 2.31. The molecule has 0 saturated heterocycles. The van der Waals surface area contributed by atoms with Gasteiger partial charge in [-0.1, -0.05) is 57.3 Å². The van der Waals surface area contributed by atoms with Crippen LogP contribution >= 0.6 is 39.1 Å². The van der Waals surface area contributed by atoms with E-state index < -0.39 is 6.04 Å². The molecule has 2 N–H and O–H groups in total. The van der Waals surface area contributed by atoms with Crippen LogP contribution in [0, 0.1) is 5.82 Å². The molecule has 0 radical (unpaired) electrons. The molecular formula is C14H11BrCl2FN. The van der Waals surface area contributed by atoms with Crippen molar-refractivity contribution in [2.45, 2.75) is 12.5 Å². The third-order valence-corrected chi connectivity index (χ3v) is 4.39. The molecule has 0 aliphatic carbocycles. The minimum atomic E-state index is -0.494. The summed E-state index contributed by atoms with van der Waals surface area (Å²) in [6, 6.07) is 9.62. The fraction of sp³-hybridized carbons (Fsp3) is 0.143. The Balaban J connectivity index is 2.31. The van der Waals surface area contributed by atoms with Crippen LogP contribution in [0.25, 0.3) is 0 Å². The van der Waals surface area contributed by atoms with Crippen LogP contribution in [-0.4, -0.2) is 0 Å². The van der Waals surface area contributed by atoms with Crippen molar-refractivity contribution in [3.05, 3.63) is 67.9 Å². The van der Waals surface area contributed by atoms with Crippen molar-refractivity contribution in [1.29, 1.82) is 0 Å². The zero-order valence-electron chi connectivity index (χ0n) is 9.84. The van der Waals surface area contributed by atoms with Gasteiger partial charge in [0.2, 0.25) is 0 Å². The molecular weight excluding hydrogens is 352 g/mol. The second-order valence-corrected chi connectivity index (χ2v) is 5.80. The van der Waals surface area contributed by atoms with Crippen LogP contribution in [0.2, 0.25) is 10.0 Å². The quantitative estimate of drug-likeness (QED) is 0.803. The Morgan fingerprint density at radius 1 is 1.16 bits per heavy atom. The number of hydrogen-bond donors (Lipinski definition) is 1. The van der Waals surface area contributed by atoms with E-state index in [1.807, 2.05) is 6.07 Å². The first-order chi connectivity index (χ1) is 9.00. The van der Waals surface area contributed by atoms with Crippen LogP contribution in [0.5, 0.6) is 0 Å². The van der Waals surface area contributed by atoms with Crippen molar-refractivity contribution >= 4 is 39.1 Å². The van der Waals surface area contributed by atoms with E-state index in [9.17, 15) is 4.39 Å². The van der Waals surface area contributed by atoms with Crippen molar-refractivity contribution in [2.24, 2.45) is 5.73 Å². The Labute approximate surface area is 129 Å². The summed E-state index contributed by atoms with van der Waals surface area (Å²) >= 11 is 15.4. The Kier molecular flexibility index (Phi) is 4.85. The third-order valence-electron chi connectivity index (χ3n) is 2.84. The molecule has 0 saturated carbocycles. The predicted molar refractivity (Wildman–Crippen MR) is 81.2 cm³/mol. The van der Waals surface area contributed by atoms with Gasteiger partial charge >= 0.3 is 0 Å². The summed E-state index contributed by atoms with van der Waals surface area (Å²) in [7, 11) is 0. The van der Waals surface area contributed by atoms with Gasteiger partial charge in [0.15, 0.2) is 0 Å². The summed E-state index contributed by atoms with van der Waals surface area (Å²) in [4.78, 5) is 0. The smallest absolute Gasteiger partial charge is 0.129 e. The van der Waals surface area contributed by atoms with E-state index in [-0.39, 0.29) is 5.82 Å². The fourth-order valence-corrected chi connectivity index (χ4v) is 2.94. The molecule has 0 bridgehead atoms. The van der Waals surface area contributed by atoms with Crippen molar-refractivity contribution in [3.63, 3.8) is 0 Å². The molecule has 0 aromatic heterocycles. The predicted octanol–water partition coefficient (Wildman–Crippen LogP) is 5.14. The zero-order valence-corrected chi connectivity index (χ0v) is 12.9. The van der Waals surface area contributed by atoms with Crippen LogP contribution in [0.4, 0.5) is 4.39 Å². The lowest BCUT2D eigenvalue weighted by Crippen LogP contribution is -2.16. The lowest BCUT2D eigenvalue weighted by Gasteiger charge is -2.16. The van der Waals surface area contributed by atoms with Gasteiger partial charge in [-0.3, -0.25) is 0 Å². The summed E-state index contributed by atoms with van der Waals surface area (Å²) < 4.78 is 14.5. The van der Waals surface area contributed by atoms with Crippen molar-refractivity contribution in [1.82, 2.24) is 0 Å². The van der Waals surface area contributed by atoms with E-state index in [1.54, 1.807) is 24.3 Å². The van der Waals surface area contributed by atoms with Gasteiger partial charge in [-0.15, -0.1) is 0 Å². The summed E-state index contributed by atoms with van der Waals surface area (Å²) in [5, 5.41) is 0.936. The van der Waals surface area contributed by atoms with Crippen LogP contribution in [-0.2, 0) is 6.42 Å². The fourth-order valence-electron chi connectivity index (χ4n) is 1.91. The molecule has 0 fully saturated rings. The van der Waals surface area contributed by atoms with Gasteiger partial charge in [0, 0.05) is 16.1 Å². The van der Waals surface area contributed by atoms with E-state index in [1.165, 1.54) is 6.07 Å². The highest BCUT2D eigenvalue weighted by Gasteiger charge is 2.17. The van der Waals surface area contributed by atoms with E-state index in [4.69, 9.17) is 28.9 Å². The molecule has 0 amide bonds. The molecule has 0 spiro atoms. The second-order valence-electron chi connectivity index (χ2n) is 4.16. The summed E-state index contributed by atoms with van der Waals surface area (Å²) in [6.45, 7) is 0. The van der Waals surface area contributed by atoms with Crippen LogP contribution in [0.3, 0.4) is 0 Å². The average molecular weight is 363 g/mol. The number of rotatable bonds is 3. The van der Waals surface area contributed by atoms with Gasteiger partial charge in [-0.2, -0.15) is 0 Å². The third kappa shape index (κ3) is 3.29. The number of benzene rings is 2. The molecule has 100 valence electrons. The standard InChI is InChI=1S/C14H11BrCl2FN/c15-9-4-2-6-11(18)13(9)12(19)7-8-3-1-5-10(16)14(8)17/h1-6,12H,7,19H2. The second kappa shape index (κ2) is 6.23. The molecule has 19 heavy (non-hydrogen) atoms.